The molecule has 0 fully saturated rings. The van der Waals surface area contributed by atoms with Gasteiger partial charge in [0.15, 0.2) is 0 Å². The fraction of sp³-hybridized carbons (Fsp3) is 0.0714. The molecule has 0 amide bonds. The number of anilines is 2. The fourth-order valence-electron chi connectivity index (χ4n) is 1.87. The van der Waals surface area contributed by atoms with E-state index in [0.29, 0.717) is 0 Å². The van der Waals surface area contributed by atoms with Crippen LogP contribution in [0.15, 0.2) is 46.9 Å². The number of benzene rings is 2. The van der Waals surface area contributed by atoms with Gasteiger partial charge in [-0.3, -0.25) is 0 Å². The molecule has 0 unspecified atom stereocenters. The van der Waals surface area contributed by atoms with E-state index >= 15 is 0 Å². The maximum absolute atomic E-state index is 4.50. The normalized spacial score (nSPS) is 10.8. The number of nitrogens with one attached hydrogen (secondary N) is 2. The van der Waals surface area contributed by atoms with Crippen LogP contribution in [0.4, 0.5) is 11.6 Å². The van der Waals surface area contributed by atoms with Crippen molar-refractivity contribution in [2.24, 2.45) is 0 Å². The Hall–Kier alpha value is -1.81. The smallest absolute Gasteiger partial charge is 0.205 e. The second-order valence-corrected chi connectivity index (χ2v) is 5.10. The Labute approximate surface area is 113 Å². The summed E-state index contributed by atoms with van der Waals surface area (Å²) >= 11 is 3.47. The highest BCUT2D eigenvalue weighted by atomic mass is 79.9. The minimum absolute atomic E-state index is 0.761. The minimum Gasteiger partial charge on any atom is -0.325 e. The third-order valence-electron chi connectivity index (χ3n) is 2.84. The van der Waals surface area contributed by atoms with Crippen LogP contribution >= 0.6 is 15.9 Å². The highest BCUT2D eigenvalue weighted by Crippen LogP contribution is 2.24. The van der Waals surface area contributed by atoms with Gasteiger partial charge in [0.25, 0.3) is 0 Å². The van der Waals surface area contributed by atoms with Crippen LogP contribution in [0.2, 0.25) is 0 Å². The third-order valence-corrected chi connectivity index (χ3v) is 3.34. The van der Waals surface area contributed by atoms with Crippen molar-refractivity contribution < 1.29 is 0 Å². The Balaban J connectivity index is 1.98. The molecule has 0 aliphatic carbocycles. The number of halogens is 1. The second kappa shape index (κ2) is 4.46. The van der Waals surface area contributed by atoms with Gasteiger partial charge in [0, 0.05) is 10.2 Å². The molecule has 3 nitrogen and oxygen atoms in total. The molecule has 90 valence electrons. The van der Waals surface area contributed by atoms with Crippen molar-refractivity contribution in [2.45, 2.75) is 6.92 Å². The van der Waals surface area contributed by atoms with Crippen LogP contribution < -0.4 is 5.32 Å². The predicted octanol–water partition coefficient (Wildman–Crippen LogP) is 4.38. The lowest BCUT2D eigenvalue weighted by Gasteiger charge is -2.06. The van der Waals surface area contributed by atoms with Gasteiger partial charge >= 0.3 is 0 Å². The van der Waals surface area contributed by atoms with Crippen molar-refractivity contribution in [3.05, 3.63) is 52.5 Å². The van der Waals surface area contributed by atoms with Crippen molar-refractivity contribution in [1.82, 2.24) is 9.97 Å². The van der Waals surface area contributed by atoms with E-state index in [1.807, 2.05) is 36.4 Å². The van der Waals surface area contributed by atoms with E-state index in [1.165, 1.54) is 5.56 Å². The van der Waals surface area contributed by atoms with Gasteiger partial charge in [0.05, 0.1) is 11.0 Å². The fourth-order valence-corrected chi connectivity index (χ4v) is 2.23. The van der Waals surface area contributed by atoms with Crippen LogP contribution in [0.5, 0.6) is 0 Å². The van der Waals surface area contributed by atoms with E-state index in [2.05, 4.69) is 44.2 Å². The molecule has 0 aliphatic rings. The van der Waals surface area contributed by atoms with Crippen LogP contribution in [0.25, 0.3) is 11.0 Å². The lowest BCUT2D eigenvalue weighted by molar-refractivity contribution is 1.29. The molecule has 1 aromatic heterocycles. The number of hydrogen-bond acceptors (Lipinski definition) is 2. The van der Waals surface area contributed by atoms with Crippen molar-refractivity contribution >= 4 is 38.6 Å². The highest BCUT2D eigenvalue weighted by molar-refractivity contribution is 9.10. The van der Waals surface area contributed by atoms with E-state index in [1.54, 1.807) is 0 Å². The zero-order valence-corrected chi connectivity index (χ0v) is 11.5. The Morgan fingerprint density at radius 2 is 2.00 bits per heavy atom. The minimum atomic E-state index is 0.761. The average molecular weight is 302 g/mol. The van der Waals surface area contributed by atoms with Gasteiger partial charge in [0.1, 0.15) is 0 Å². The summed E-state index contributed by atoms with van der Waals surface area (Å²) in [5.74, 6) is 0.761. The molecule has 0 saturated carbocycles. The summed E-state index contributed by atoms with van der Waals surface area (Å²) < 4.78 is 1.05. The van der Waals surface area contributed by atoms with Crippen LogP contribution in [0.3, 0.4) is 0 Å². The molecule has 0 atom stereocenters. The first-order valence-corrected chi connectivity index (χ1v) is 6.49. The number of fused-ring (bicyclic) bond motifs is 1. The number of aromatic amines is 1. The molecule has 2 aromatic carbocycles. The zero-order chi connectivity index (χ0) is 12.5. The van der Waals surface area contributed by atoms with Crippen molar-refractivity contribution in [1.29, 1.82) is 0 Å². The van der Waals surface area contributed by atoms with Gasteiger partial charge in [0.2, 0.25) is 5.95 Å². The van der Waals surface area contributed by atoms with E-state index in [9.17, 15) is 0 Å². The van der Waals surface area contributed by atoms with E-state index in [0.717, 1.165) is 27.1 Å². The molecule has 3 aromatic rings. The summed E-state index contributed by atoms with van der Waals surface area (Å²) in [5.41, 5.74) is 4.22. The van der Waals surface area contributed by atoms with Gasteiger partial charge in [-0.25, -0.2) is 4.98 Å². The molecule has 0 radical (unpaired) electrons. The maximum atomic E-state index is 4.50. The van der Waals surface area contributed by atoms with Gasteiger partial charge in [-0.05, 0) is 36.8 Å². The molecule has 18 heavy (non-hydrogen) atoms. The number of imidazole rings is 1. The first-order chi connectivity index (χ1) is 8.72. The second-order valence-electron chi connectivity index (χ2n) is 4.19. The van der Waals surface area contributed by atoms with Crippen molar-refractivity contribution in [3.63, 3.8) is 0 Å². The summed E-state index contributed by atoms with van der Waals surface area (Å²) in [7, 11) is 0. The topological polar surface area (TPSA) is 40.7 Å². The molecule has 0 saturated heterocycles. The number of para-hydroxylation sites is 2. The predicted molar refractivity (Wildman–Crippen MR) is 78.3 cm³/mol. The summed E-state index contributed by atoms with van der Waals surface area (Å²) in [4.78, 5) is 7.75. The SMILES string of the molecule is Cc1ccc(Br)cc1Nc1nc2ccccc2[nH]1. The molecule has 2 N–H and O–H groups in total. The number of aryl methyl sites for hydroxylation is 1. The molecule has 0 spiro atoms. The number of hydrogen-bond donors (Lipinski definition) is 2. The molecule has 0 bridgehead atoms. The van der Waals surface area contributed by atoms with Crippen molar-refractivity contribution in [2.75, 3.05) is 5.32 Å². The van der Waals surface area contributed by atoms with Crippen LogP contribution in [-0.4, -0.2) is 9.97 Å². The average Bonchev–Trinajstić information content (AvgIpc) is 2.76. The lowest BCUT2D eigenvalue weighted by Crippen LogP contribution is -1.94. The largest absolute Gasteiger partial charge is 0.325 e. The molecule has 0 aliphatic heterocycles. The van der Waals surface area contributed by atoms with Crippen molar-refractivity contribution in [3.8, 4) is 0 Å². The summed E-state index contributed by atoms with van der Waals surface area (Å²) in [6.07, 6.45) is 0. The van der Waals surface area contributed by atoms with E-state index in [4.69, 9.17) is 0 Å². The Morgan fingerprint density at radius 1 is 1.17 bits per heavy atom. The first-order valence-electron chi connectivity index (χ1n) is 5.70. The lowest BCUT2D eigenvalue weighted by atomic mass is 10.2. The van der Waals surface area contributed by atoms with E-state index in [-0.39, 0.29) is 0 Å². The number of aromatic nitrogens is 2. The monoisotopic (exact) mass is 301 g/mol. The van der Waals surface area contributed by atoms with Gasteiger partial charge in [-0.1, -0.05) is 34.1 Å². The Morgan fingerprint density at radius 3 is 2.83 bits per heavy atom. The summed E-state index contributed by atoms with van der Waals surface area (Å²) in [6, 6.07) is 14.1. The molecule has 1 heterocycles. The van der Waals surface area contributed by atoms with Gasteiger partial charge in [-0.15, -0.1) is 0 Å². The summed E-state index contributed by atoms with van der Waals surface area (Å²) in [6.45, 7) is 2.07. The zero-order valence-electron chi connectivity index (χ0n) is 9.87. The number of nitrogens with zero attached hydrogens (tertiary/aromatic N) is 1. The third kappa shape index (κ3) is 2.11. The summed E-state index contributed by atoms with van der Waals surface area (Å²) in [5, 5.41) is 3.31. The van der Waals surface area contributed by atoms with Crippen LogP contribution in [0, 0.1) is 6.92 Å². The molecular weight excluding hydrogens is 290 g/mol. The van der Waals surface area contributed by atoms with Gasteiger partial charge < -0.3 is 10.3 Å². The number of H-pyrrole nitrogens is 1. The van der Waals surface area contributed by atoms with Crippen LogP contribution in [0.1, 0.15) is 5.56 Å². The van der Waals surface area contributed by atoms with E-state index < -0.39 is 0 Å². The Kier molecular flexibility index (Phi) is 2.80. The number of rotatable bonds is 2. The quantitative estimate of drug-likeness (QED) is 0.737. The molecule has 4 heteroatoms. The van der Waals surface area contributed by atoms with Crippen LogP contribution in [-0.2, 0) is 0 Å². The molecule has 3 rings (SSSR count). The van der Waals surface area contributed by atoms with Gasteiger partial charge in [-0.2, -0.15) is 0 Å². The molecular formula is C14H12BrN3. The Bertz CT molecular complexity index is 670. The standard InChI is InChI=1S/C14H12BrN3/c1-9-6-7-10(15)8-13(9)18-14-16-11-4-2-3-5-12(11)17-14/h2-8H,1H3,(H2,16,17,18). The highest BCUT2D eigenvalue weighted by Gasteiger charge is 2.04. The maximum Gasteiger partial charge on any atom is 0.205 e. The first kappa shape index (κ1) is 11.3.